The Balaban J connectivity index is 1.52. The molecule has 2 saturated heterocycles. The summed E-state index contributed by atoms with van der Waals surface area (Å²) >= 11 is 0. The Hall–Kier alpha value is -2.42. The molecule has 3 aliphatic rings. The average Bonchev–Trinajstić information content (AvgIpc) is 3.38. The van der Waals surface area contributed by atoms with Gasteiger partial charge in [-0.2, -0.15) is 0 Å². The first kappa shape index (κ1) is 18.9. The van der Waals surface area contributed by atoms with Gasteiger partial charge in [0.2, 0.25) is 5.91 Å². The molecule has 8 nitrogen and oxygen atoms in total. The molecule has 3 fully saturated rings. The molecular formula is C19H23N3O5S. The highest BCUT2D eigenvalue weighted by molar-refractivity contribution is 7.91. The van der Waals surface area contributed by atoms with E-state index in [1.165, 1.54) is 0 Å². The molecule has 150 valence electrons. The van der Waals surface area contributed by atoms with Crippen LogP contribution in [0, 0.1) is 0 Å². The number of sulfone groups is 1. The lowest BCUT2D eigenvalue weighted by Gasteiger charge is -2.30. The molecule has 1 aromatic carbocycles. The van der Waals surface area contributed by atoms with E-state index in [1.807, 2.05) is 6.07 Å². The zero-order chi connectivity index (χ0) is 20.1. The summed E-state index contributed by atoms with van der Waals surface area (Å²) in [5, 5.41) is 2.69. The van der Waals surface area contributed by atoms with E-state index in [-0.39, 0.29) is 36.0 Å². The second-order valence-corrected chi connectivity index (χ2v) is 10.1. The van der Waals surface area contributed by atoms with Crippen LogP contribution in [0.2, 0.25) is 0 Å². The highest BCUT2D eigenvalue weighted by Gasteiger charge is 2.51. The van der Waals surface area contributed by atoms with Crippen molar-refractivity contribution < 1.29 is 22.8 Å². The number of amides is 4. The van der Waals surface area contributed by atoms with E-state index >= 15 is 0 Å². The molecule has 0 unspecified atom stereocenters. The van der Waals surface area contributed by atoms with Crippen molar-refractivity contribution in [1.29, 1.82) is 0 Å². The van der Waals surface area contributed by atoms with Gasteiger partial charge in [0.25, 0.3) is 5.91 Å². The van der Waals surface area contributed by atoms with Crippen LogP contribution in [0.4, 0.5) is 4.79 Å². The maximum atomic E-state index is 13.0. The molecule has 1 saturated carbocycles. The second kappa shape index (κ2) is 6.58. The van der Waals surface area contributed by atoms with Gasteiger partial charge in [-0.1, -0.05) is 30.3 Å². The van der Waals surface area contributed by atoms with Crippen molar-refractivity contribution in [2.75, 3.05) is 18.1 Å². The molecule has 2 heterocycles. The smallest absolute Gasteiger partial charge is 0.325 e. The van der Waals surface area contributed by atoms with E-state index < -0.39 is 27.3 Å². The van der Waals surface area contributed by atoms with Gasteiger partial charge in [-0.15, -0.1) is 0 Å². The van der Waals surface area contributed by atoms with Gasteiger partial charge in [-0.05, 0) is 31.7 Å². The molecule has 0 spiro atoms. The van der Waals surface area contributed by atoms with Gasteiger partial charge in [0.15, 0.2) is 9.84 Å². The molecule has 28 heavy (non-hydrogen) atoms. The Morgan fingerprint density at radius 2 is 1.86 bits per heavy atom. The van der Waals surface area contributed by atoms with Gasteiger partial charge in [0, 0.05) is 12.1 Å². The highest BCUT2D eigenvalue weighted by Crippen LogP contribution is 2.33. The molecule has 0 bridgehead atoms. The molecular weight excluding hydrogens is 382 g/mol. The van der Waals surface area contributed by atoms with E-state index in [0.29, 0.717) is 12.0 Å². The third-order valence-electron chi connectivity index (χ3n) is 5.75. The van der Waals surface area contributed by atoms with E-state index in [0.717, 1.165) is 17.7 Å². The predicted octanol–water partition coefficient (Wildman–Crippen LogP) is 0.632. The van der Waals surface area contributed by atoms with Gasteiger partial charge in [-0.3, -0.25) is 14.5 Å². The number of carbonyl (C=O) groups excluding carboxylic acids is 3. The number of imide groups is 1. The lowest BCUT2D eigenvalue weighted by atomic mass is 9.92. The van der Waals surface area contributed by atoms with E-state index in [1.54, 1.807) is 36.1 Å². The topological polar surface area (TPSA) is 104 Å². The largest absolute Gasteiger partial charge is 0.334 e. The summed E-state index contributed by atoms with van der Waals surface area (Å²) in [6, 6.07) is 7.91. The minimum Gasteiger partial charge on any atom is -0.334 e. The van der Waals surface area contributed by atoms with Crippen LogP contribution < -0.4 is 5.32 Å². The summed E-state index contributed by atoms with van der Waals surface area (Å²) in [4.78, 5) is 41.0. The number of benzene rings is 1. The van der Waals surface area contributed by atoms with Crippen LogP contribution in [0.25, 0.3) is 0 Å². The van der Waals surface area contributed by atoms with Gasteiger partial charge < -0.3 is 10.2 Å². The summed E-state index contributed by atoms with van der Waals surface area (Å²) in [7, 11) is -3.14. The Bertz CT molecular complexity index is 928. The lowest BCUT2D eigenvalue weighted by Crippen LogP contribution is -2.49. The van der Waals surface area contributed by atoms with Crippen LogP contribution in [0.5, 0.6) is 0 Å². The number of nitrogens with zero attached hydrogens (tertiary/aromatic N) is 2. The van der Waals surface area contributed by atoms with Crippen LogP contribution in [-0.2, 0) is 25.0 Å². The van der Waals surface area contributed by atoms with Gasteiger partial charge in [-0.25, -0.2) is 13.2 Å². The third kappa shape index (κ3) is 3.28. The number of nitrogens with one attached hydrogen (secondary N) is 1. The number of hydrogen-bond acceptors (Lipinski definition) is 5. The fourth-order valence-corrected chi connectivity index (χ4v) is 5.79. The standard InChI is InChI=1S/C19H23N3O5S/c1-19(13-5-3-2-4-6-13)17(24)21(18(25)20-19)11-16(23)22(14-7-8-14)15-9-10-28(26,27)12-15/h2-6,14-15H,7-12H2,1H3,(H,20,25)/t15-,19+/m1/s1. The molecule has 4 amide bonds. The normalized spacial score (nSPS) is 29.0. The zero-order valence-corrected chi connectivity index (χ0v) is 16.4. The molecule has 1 aliphatic carbocycles. The van der Waals surface area contributed by atoms with Crippen LogP contribution in [0.1, 0.15) is 31.7 Å². The monoisotopic (exact) mass is 405 g/mol. The lowest BCUT2D eigenvalue weighted by molar-refractivity contribution is -0.140. The van der Waals surface area contributed by atoms with Crippen molar-refractivity contribution in [2.45, 2.75) is 43.8 Å². The van der Waals surface area contributed by atoms with Gasteiger partial charge in [0.05, 0.1) is 11.5 Å². The fraction of sp³-hybridized carbons (Fsp3) is 0.526. The minimum absolute atomic E-state index is 0.00655. The van der Waals surface area contributed by atoms with Crippen molar-refractivity contribution >= 4 is 27.7 Å². The van der Waals surface area contributed by atoms with Gasteiger partial charge in [0.1, 0.15) is 12.1 Å². The molecule has 2 aliphatic heterocycles. The molecule has 4 rings (SSSR count). The maximum absolute atomic E-state index is 13.0. The number of rotatable bonds is 5. The van der Waals surface area contributed by atoms with Crippen molar-refractivity contribution in [3.8, 4) is 0 Å². The summed E-state index contributed by atoms with van der Waals surface area (Å²) in [5.41, 5.74) is -0.580. The molecule has 0 radical (unpaired) electrons. The first-order valence-corrected chi connectivity index (χ1v) is 11.2. The molecule has 2 atom stereocenters. The van der Waals surface area contributed by atoms with Crippen LogP contribution in [0.3, 0.4) is 0 Å². The third-order valence-corrected chi connectivity index (χ3v) is 7.50. The average molecular weight is 405 g/mol. The molecule has 1 N–H and O–H groups in total. The van der Waals surface area contributed by atoms with E-state index in [4.69, 9.17) is 0 Å². The summed E-state index contributed by atoms with van der Waals surface area (Å²) in [6.07, 6.45) is 2.06. The van der Waals surface area contributed by atoms with Crippen LogP contribution in [-0.4, -0.2) is 66.2 Å². The first-order valence-electron chi connectivity index (χ1n) is 9.42. The summed E-state index contributed by atoms with van der Waals surface area (Å²) in [6.45, 7) is 1.25. The maximum Gasteiger partial charge on any atom is 0.325 e. The highest BCUT2D eigenvalue weighted by atomic mass is 32.2. The summed E-state index contributed by atoms with van der Waals surface area (Å²) in [5.74, 6) is -0.822. The Morgan fingerprint density at radius 1 is 1.18 bits per heavy atom. The van der Waals surface area contributed by atoms with E-state index in [2.05, 4.69) is 5.32 Å². The number of carbonyl (C=O) groups is 3. The van der Waals surface area contributed by atoms with Crippen molar-refractivity contribution in [3.05, 3.63) is 35.9 Å². The predicted molar refractivity (Wildman–Crippen MR) is 101 cm³/mol. The van der Waals surface area contributed by atoms with Crippen molar-refractivity contribution in [3.63, 3.8) is 0 Å². The molecule has 1 aromatic rings. The fourth-order valence-electron chi connectivity index (χ4n) is 4.08. The molecule has 9 heteroatoms. The number of urea groups is 1. The zero-order valence-electron chi connectivity index (χ0n) is 15.6. The quantitative estimate of drug-likeness (QED) is 0.724. The first-order chi connectivity index (χ1) is 13.2. The Morgan fingerprint density at radius 3 is 2.43 bits per heavy atom. The van der Waals surface area contributed by atoms with Crippen molar-refractivity contribution in [1.82, 2.24) is 15.1 Å². The van der Waals surface area contributed by atoms with Crippen molar-refractivity contribution in [2.24, 2.45) is 0 Å². The summed E-state index contributed by atoms with van der Waals surface area (Å²) < 4.78 is 23.7. The second-order valence-electron chi connectivity index (χ2n) is 7.90. The van der Waals surface area contributed by atoms with E-state index in [9.17, 15) is 22.8 Å². The Kier molecular flexibility index (Phi) is 4.45. The minimum atomic E-state index is -3.14. The molecule has 0 aromatic heterocycles. The SMILES string of the molecule is C[C@@]1(c2ccccc2)NC(=O)N(CC(=O)N(C2CC2)[C@@H]2CCS(=O)(=O)C2)C1=O. The van der Waals surface area contributed by atoms with Crippen LogP contribution in [0.15, 0.2) is 30.3 Å². The van der Waals surface area contributed by atoms with Gasteiger partial charge >= 0.3 is 6.03 Å². The Labute approximate surface area is 163 Å². The van der Waals surface area contributed by atoms with Crippen LogP contribution >= 0.6 is 0 Å². The number of hydrogen-bond donors (Lipinski definition) is 1.